The maximum atomic E-state index is 5.65. The van der Waals surface area contributed by atoms with Crippen LogP contribution in [-0.4, -0.2) is 9.97 Å². The number of rotatable bonds is 10. The molecule has 0 N–H and O–H groups in total. The zero-order chi connectivity index (χ0) is 47.8. The molecule has 0 bridgehead atoms. The molecule has 12 aromatic carbocycles. The third-order valence-electron chi connectivity index (χ3n) is 13.8. The Balaban J connectivity index is 0.967. The molecule has 0 aliphatic carbocycles. The third kappa shape index (κ3) is 8.07. The van der Waals surface area contributed by atoms with E-state index >= 15 is 0 Å². The van der Waals surface area contributed by atoms with Gasteiger partial charge in [-0.1, -0.05) is 206 Å². The van der Waals surface area contributed by atoms with Gasteiger partial charge in [-0.15, -0.1) is 0 Å². The molecule has 13 rings (SSSR count). The zero-order valence-electron chi connectivity index (χ0n) is 39.3. The van der Waals surface area contributed by atoms with Gasteiger partial charge < -0.3 is 9.80 Å². The number of benzene rings is 12. The average Bonchev–Trinajstić information content (AvgIpc) is 3.45. The summed E-state index contributed by atoms with van der Waals surface area (Å²) >= 11 is 0. The van der Waals surface area contributed by atoms with Gasteiger partial charge in [0.15, 0.2) is 0 Å². The summed E-state index contributed by atoms with van der Waals surface area (Å²) in [4.78, 5) is 16.0. The molecule has 0 spiro atoms. The monoisotopic (exact) mass is 918 g/mol. The Kier molecular flexibility index (Phi) is 10.8. The van der Waals surface area contributed by atoms with Crippen molar-refractivity contribution in [1.82, 2.24) is 9.97 Å². The van der Waals surface area contributed by atoms with E-state index < -0.39 is 0 Å². The molecule has 0 radical (unpaired) electrons. The fraction of sp³-hybridized carbons (Fsp3) is 0. The molecule has 72 heavy (non-hydrogen) atoms. The Morgan fingerprint density at radius 3 is 0.681 bits per heavy atom. The van der Waals surface area contributed by atoms with Crippen LogP contribution in [0.3, 0.4) is 0 Å². The molecule has 338 valence electrons. The Labute approximate surface area is 419 Å². The normalized spacial score (nSPS) is 11.3. The zero-order valence-corrected chi connectivity index (χ0v) is 39.3. The minimum absolute atomic E-state index is 0.803. The Hall–Kier alpha value is -9.64. The van der Waals surface area contributed by atoms with Crippen LogP contribution in [0.4, 0.5) is 34.1 Å². The smallest absolute Gasteiger partial charge is 0.0973 e. The van der Waals surface area contributed by atoms with Gasteiger partial charge in [0.1, 0.15) is 0 Å². The molecular weight excluding hydrogens is 873 g/mol. The number of hydrogen-bond acceptors (Lipinski definition) is 4. The molecule has 0 aliphatic rings. The summed E-state index contributed by atoms with van der Waals surface area (Å²) in [6, 6.07) is 99.5. The van der Waals surface area contributed by atoms with Gasteiger partial charge in [-0.2, -0.15) is 0 Å². The number of fused-ring (bicyclic) bond motifs is 4. The summed E-state index contributed by atoms with van der Waals surface area (Å²) in [6.07, 6.45) is 0. The van der Waals surface area contributed by atoms with Crippen LogP contribution in [0.1, 0.15) is 0 Å². The van der Waals surface area contributed by atoms with Crippen LogP contribution in [0, 0.1) is 0 Å². The maximum absolute atomic E-state index is 5.65. The Morgan fingerprint density at radius 1 is 0.181 bits per heavy atom. The SMILES string of the molecule is c1ccc(-c2nc(-c3ccc(N(c4ccc5ccccc5c4)c4ccc5ccccc5c4)cc3)c(-c3ccc(N(c4ccc5ccccc5c4)c4ccc5ccccc5c4)cc3)nc2-c2ccccc2)cc1. The van der Waals surface area contributed by atoms with Crippen molar-refractivity contribution in [2.24, 2.45) is 0 Å². The summed E-state index contributed by atoms with van der Waals surface area (Å²) in [5.74, 6) is 0. The van der Waals surface area contributed by atoms with Crippen LogP contribution >= 0.6 is 0 Å². The van der Waals surface area contributed by atoms with Crippen LogP contribution < -0.4 is 9.80 Å². The highest BCUT2D eigenvalue weighted by Crippen LogP contribution is 2.43. The molecule has 0 aliphatic heterocycles. The Morgan fingerprint density at radius 2 is 0.403 bits per heavy atom. The van der Waals surface area contributed by atoms with Gasteiger partial charge >= 0.3 is 0 Å². The average molecular weight is 919 g/mol. The number of anilines is 6. The second-order valence-electron chi connectivity index (χ2n) is 18.2. The van der Waals surface area contributed by atoms with Gasteiger partial charge in [0.2, 0.25) is 0 Å². The van der Waals surface area contributed by atoms with Gasteiger partial charge in [-0.3, -0.25) is 0 Å². The molecule has 0 saturated carbocycles. The fourth-order valence-electron chi connectivity index (χ4n) is 10.1. The number of hydrogen-bond donors (Lipinski definition) is 0. The molecule has 4 heteroatoms. The first-order valence-electron chi connectivity index (χ1n) is 24.5. The first-order chi connectivity index (χ1) is 35.7. The topological polar surface area (TPSA) is 32.3 Å². The third-order valence-corrected chi connectivity index (χ3v) is 13.8. The molecule has 0 unspecified atom stereocenters. The van der Waals surface area contributed by atoms with E-state index in [1.54, 1.807) is 0 Å². The predicted octanol–water partition coefficient (Wildman–Crippen LogP) is 18.7. The highest BCUT2D eigenvalue weighted by atomic mass is 15.1. The van der Waals surface area contributed by atoms with Crippen molar-refractivity contribution in [2.45, 2.75) is 0 Å². The summed E-state index contributed by atoms with van der Waals surface area (Å²) in [5, 5.41) is 9.58. The van der Waals surface area contributed by atoms with Crippen molar-refractivity contribution in [2.75, 3.05) is 9.80 Å². The van der Waals surface area contributed by atoms with Gasteiger partial charge in [-0.25, -0.2) is 9.97 Å². The first-order valence-corrected chi connectivity index (χ1v) is 24.5. The van der Waals surface area contributed by atoms with Gasteiger partial charge in [0.25, 0.3) is 0 Å². The van der Waals surface area contributed by atoms with Crippen molar-refractivity contribution in [3.05, 3.63) is 279 Å². The van der Waals surface area contributed by atoms with Crippen LogP contribution in [0.5, 0.6) is 0 Å². The van der Waals surface area contributed by atoms with E-state index in [0.717, 1.165) is 79.2 Å². The lowest BCUT2D eigenvalue weighted by Crippen LogP contribution is -2.10. The lowest BCUT2D eigenvalue weighted by atomic mass is 9.98. The summed E-state index contributed by atoms with van der Waals surface area (Å²) < 4.78 is 0. The highest BCUT2D eigenvalue weighted by molar-refractivity contribution is 5.96. The van der Waals surface area contributed by atoms with Gasteiger partial charge in [-0.05, 0) is 116 Å². The molecule has 4 nitrogen and oxygen atoms in total. The molecule has 0 fully saturated rings. The fourth-order valence-corrected chi connectivity index (χ4v) is 10.1. The number of nitrogens with zero attached hydrogens (tertiary/aromatic N) is 4. The van der Waals surface area contributed by atoms with Gasteiger partial charge in [0.05, 0.1) is 22.8 Å². The Bertz CT molecular complexity index is 3670. The largest absolute Gasteiger partial charge is 0.310 e. The van der Waals surface area contributed by atoms with E-state index in [0.29, 0.717) is 0 Å². The minimum atomic E-state index is 0.803. The van der Waals surface area contributed by atoms with E-state index in [1.807, 2.05) is 12.1 Å². The van der Waals surface area contributed by atoms with E-state index in [9.17, 15) is 0 Å². The second-order valence-corrected chi connectivity index (χ2v) is 18.2. The van der Waals surface area contributed by atoms with E-state index in [1.165, 1.54) is 43.1 Å². The lowest BCUT2D eigenvalue weighted by Gasteiger charge is -2.27. The quantitative estimate of drug-likeness (QED) is 0.137. The van der Waals surface area contributed by atoms with Crippen molar-refractivity contribution in [3.63, 3.8) is 0 Å². The summed E-state index contributed by atoms with van der Waals surface area (Å²) in [7, 11) is 0. The van der Waals surface area contributed by atoms with E-state index in [2.05, 4.69) is 277 Å². The molecule has 1 heterocycles. The van der Waals surface area contributed by atoms with Crippen LogP contribution in [0.15, 0.2) is 279 Å². The maximum Gasteiger partial charge on any atom is 0.0973 e. The van der Waals surface area contributed by atoms with Crippen molar-refractivity contribution in [1.29, 1.82) is 0 Å². The first kappa shape index (κ1) is 42.5. The minimum Gasteiger partial charge on any atom is -0.310 e. The summed E-state index contributed by atoms with van der Waals surface area (Å²) in [6.45, 7) is 0. The molecule has 0 saturated heterocycles. The summed E-state index contributed by atoms with van der Waals surface area (Å²) in [5.41, 5.74) is 13.6. The van der Waals surface area contributed by atoms with E-state index in [-0.39, 0.29) is 0 Å². The molecule has 13 aromatic rings. The van der Waals surface area contributed by atoms with Crippen molar-refractivity contribution < 1.29 is 0 Å². The lowest BCUT2D eigenvalue weighted by molar-refractivity contribution is 1.21. The standard InChI is InChI=1S/C68H46N4/c1-3-19-51(20-4-1)65-66(52-21-5-2-6-22-52)70-68(54-33-37-60(38-34-54)72(63-41-29-49-17-9-13-25-57(49)45-63)64-42-30-50-18-10-14-26-58(50)46-64)67(69-65)53-31-35-59(36-32-53)71(61-39-27-47-15-7-11-23-55(47)43-61)62-40-28-48-16-8-12-24-56(48)44-62/h1-46H. The number of aromatic nitrogens is 2. The molecule has 1 aromatic heterocycles. The van der Waals surface area contributed by atoms with Crippen LogP contribution in [0.2, 0.25) is 0 Å². The molecule has 0 atom stereocenters. The highest BCUT2D eigenvalue weighted by Gasteiger charge is 2.22. The predicted molar refractivity (Wildman–Crippen MR) is 303 cm³/mol. The van der Waals surface area contributed by atoms with E-state index in [4.69, 9.17) is 9.97 Å². The second kappa shape index (κ2) is 18.4. The van der Waals surface area contributed by atoms with Crippen molar-refractivity contribution >= 4 is 77.2 Å². The van der Waals surface area contributed by atoms with Crippen LogP contribution in [0.25, 0.3) is 88.1 Å². The van der Waals surface area contributed by atoms with Crippen LogP contribution in [-0.2, 0) is 0 Å². The molecular formula is C68H46N4. The molecule has 0 amide bonds. The van der Waals surface area contributed by atoms with Gasteiger partial charge in [0, 0.05) is 56.4 Å². The van der Waals surface area contributed by atoms with Crippen molar-refractivity contribution in [3.8, 4) is 45.0 Å².